The topological polar surface area (TPSA) is 55.0 Å². The summed E-state index contributed by atoms with van der Waals surface area (Å²) in [5.74, 6) is 0.562. The molecule has 0 saturated carbocycles. The van der Waals surface area contributed by atoms with Gasteiger partial charge in [-0.15, -0.1) is 0 Å². The molecule has 0 radical (unpaired) electrons. The molecule has 1 aliphatic carbocycles. The van der Waals surface area contributed by atoms with E-state index in [1.807, 2.05) is 16.7 Å². The molecule has 1 aliphatic rings. The summed E-state index contributed by atoms with van der Waals surface area (Å²) in [5.41, 5.74) is 3.86. The van der Waals surface area contributed by atoms with Crippen LogP contribution in [0.1, 0.15) is 28.8 Å². The Balaban J connectivity index is 2.00. The fourth-order valence-corrected chi connectivity index (χ4v) is 2.93. The van der Waals surface area contributed by atoms with Gasteiger partial charge in [0.1, 0.15) is 11.8 Å². The number of rotatable bonds is 3. The third-order valence-electron chi connectivity index (χ3n) is 3.97. The van der Waals surface area contributed by atoms with Gasteiger partial charge in [-0.2, -0.15) is 5.26 Å². The van der Waals surface area contributed by atoms with Gasteiger partial charge in [-0.05, 0) is 42.5 Å². The van der Waals surface area contributed by atoms with Gasteiger partial charge in [-0.1, -0.05) is 12.1 Å². The van der Waals surface area contributed by atoms with Gasteiger partial charge in [0.2, 0.25) is 0 Å². The Bertz CT molecular complexity index is 784. The van der Waals surface area contributed by atoms with Crippen LogP contribution in [0.5, 0.6) is 5.75 Å². The predicted octanol–water partition coefficient (Wildman–Crippen LogP) is 2.27. The number of nitriles is 1. The highest BCUT2D eigenvalue weighted by molar-refractivity contribution is 5.45. The minimum atomic E-state index is 0.0185. The maximum absolute atomic E-state index is 12.1. The molecule has 106 valence electrons. The highest BCUT2D eigenvalue weighted by Crippen LogP contribution is 2.22. The number of nitrogens with zero attached hydrogens (tertiary/aromatic N) is 2. The summed E-state index contributed by atoms with van der Waals surface area (Å²) >= 11 is 0. The molecular weight excluding hydrogens is 264 g/mol. The molecule has 4 nitrogen and oxygen atoms in total. The SMILES string of the molecule is COc1ccc(Cn2c3c(ccc2=O)CCC3)cc1C#N. The molecule has 0 amide bonds. The van der Waals surface area contributed by atoms with Crippen LogP contribution >= 0.6 is 0 Å². The van der Waals surface area contributed by atoms with Crippen LogP contribution in [0.15, 0.2) is 35.1 Å². The van der Waals surface area contributed by atoms with Gasteiger partial charge in [-0.3, -0.25) is 4.79 Å². The molecule has 3 rings (SSSR count). The summed E-state index contributed by atoms with van der Waals surface area (Å²) in [4.78, 5) is 12.1. The number of methoxy groups -OCH3 is 1. The molecule has 0 saturated heterocycles. The van der Waals surface area contributed by atoms with Gasteiger partial charge in [0, 0.05) is 11.8 Å². The first-order valence-electron chi connectivity index (χ1n) is 7.01. The highest BCUT2D eigenvalue weighted by atomic mass is 16.5. The van der Waals surface area contributed by atoms with Crippen molar-refractivity contribution < 1.29 is 4.74 Å². The Kier molecular flexibility index (Phi) is 3.49. The molecule has 0 N–H and O–H groups in total. The van der Waals surface area contributed by atoms with Gasteiger partial charge in [-0.25, -0.2) is 0 Å². The van der Waals surface area contributed by atoms with Crippen LogP contribution in [0.3, 0.4) is 0 Å². The zero-order valence-electron chi connectivity index (χ0n) is 11.9. The van der Waals surface area contributed by atoms with E-state index in [9.17, 15) is 4.79 Å². The van der Waals surface area contributed by atoms with Crippen LogP contribution in [0, 0.1) is 11.3 Å². The Hall–Kier alpha value is -2.54. The minimum Gasteiger partial charge on any atom is -0.495 e. The monoisotopic (exact) mass is 280 g/mol. The Labute approximate surface area is 123 Å². The Morgan fingerprint density at radius 3 is 2.90 bits per heavy atom. The number of fused-ring (bicyclic) bond motifs is 1. The average molecular weight is 280 g/mol. The third kappa shape index (κ3) is 2.43. The molecule has 2 aromatic rings. The lowest BCUT2D eigenvalue weighted by molar-refractivity contribution is 0.413. The number of pyridine rings is 1. The van der Waals surface area contributed by atoms with Crippen molar-refractivity contribution in [3.63, 3.8) is 0 Å². The van der Waals surface area contributed by atoms with Crippen LogP contribution in [-0.2, 0) is 19.4 Å². The molecule has 1 aromatic carbocycles. The average Bonchev–Trinajstić information content (AvgIpc) is 2.98. The molecule has 0 spiro atoms. The molecule has 4 heteroatoms. The first-order valence-corrected chi connectivity index (χ1v) is 7.01. The van der Waals surface area contributed by atoms with Gasteiger partial charge < -0.3 is 9.30 Å². The summed E-state index contributed by atoms with van der Waals surface area (Å²) in [7, 11) is 1.55. The van der Waals surface area contributed by atoms with Gasteiger partial charge in [0.15, 0.2) is 0 Å². The lowest BCUT2D eigenvalue weighted by atomic mass is 10.1. The zero-order valence-corrected chi connectivity index (χ0v) is 11.9. The molecule has 1 heterocycles. The second-order valence-electron chi connectivity index (χ2n) is 5.23. The second kappa shape index (κ2) is 5.45. The zero-order chi connectivity index (χ0) is 14.8. The van der Waals surface area contributed by atoms with Crippen LogP contribution in [0.2, 0.25) is 0 Å². The smallest absolute Gasteiger partial charge is 0.251 e. The van der Waals surface area contributed by atoms with E-state index in [0.717, 1.165) is 30.5 Å². The van der Waals surface area contributed by atoms with Gasteiger partial charge in [0.05, 0.1) is 19.2 Å². The van der Waals surface area contributed by atoms with Gasteiger partial charge in [0.25, 0.3) is 5.56 Å². The number of benzene rings is 1. The van der Waals surface area contributed by atoms with Crippen molar-refractivity contribution in [1.29, 1.82) is 5.26 Å². The fourth-order valence-electron chi connectivity index (χ4n) is 2.93. The standard InChI is InChI=1S/C17H16N2O2/c1-21-16-7-5-12(9-14(16)10-18)11-19-15-4-2-3-13(15)6-8-17(19)20/h5-9H,2-4,11H2,1H3. The number of hydrogen-bond donors (Lipinski definition) is 0. The number of aromatic nitrogens is 1. The van der Waals surface area contributed by atoms with Crippen molar-refractivity contribution in [3.05, 3.63) is 63.1 Å². The molecule has 0 fully saturated rings. The molecule has 0 unspecified atom stereocenters. The number of aryl methyl sites for hydroxylation is 1. The Morgan fingerprint density at radius 2 is 2.14 bits per heavy atom. The lowest BCUT2D eigenvalue weighted by Crippen LogP contribution is -2.23. The van der Waals surface area contributed by atoms with E-state index in [4.69, 9.17) is 10.00 Å². The van der Waals surface area contributed by atoms with Gasteiger partial charge >= 0.3 is 0 Å². The van der Waals surface area contributed by atoms with Crippen molar-refractivity contribution in [2.45, 2.75) is 25.8 Å². The van der Waals surface area contributed by atoms with Crippen LogP contribution in [-0.4, -0.2) is 11.7 Å². The quantitative estimate of drug-likeness (QED) is 0.866. The maximum atomic E-state index is 12.1. The molecule has 0 bridgehead atoms. The third-order valence-corrected chi connectivity index (χ3v) is 3.97. The predicted molar refractivity (Wildman–Crippen MR) is 79.5 cm³/mol. The molecule has 0 atom stereocenters. The maximum Gasteiger partial charge on any atom is 0.251 e. The normalized spacial score (nSPS) is 12.8. The van der Waals surface area contributed by atoms with Crippen LogP contribution < -0.4 is 10.3 Å². The summed E-state index contributed by atoms with van der Waals surface area (Å²) in [5, 5.41) is 9.15. The first-order chi connectivity index (χ1) is 10.2. The Morgan fingerprint density at radius 1 is 1.29 bits per heavy atom. The summed E-state index contributed by atoms with van der Waals surface area (Å²) in [6.07, 6.45) is 3.10. The van der Waals surface area contributed by atoms with E-state index in [1.165, 1.54) is 5.56 Å². The molecule has 0 aliphatic heterocycles. The molecule has 1 aromatic heterocycles. The largest absolute Gasteiger partial charge is 0.495 e. The van der Waals surface area contributed by atoms with Crippen molar-refractivity contribution in [1.82, 2.24) is 4.57 Å². The second-order valence-corrected chi connectivity index (χ2v) is 5.23. The van der Waals surface area contributed by atoms with Crippen molar-refractivity contribution >= 4 is 0 Å². The summed E-state index contributed by atoms with van der Waals surface area (Å²) < 4.78 is 6.97. The fraction of sp³-hybridized carbons (Fsp3) is 0.294. The lowest BCUT2D eigenvalue weighted by Gasteiger charge is -2.13. The van der Waals surface area contributed by atoms with Crippen molar-refractivity contribution in [2.75, 3.05) is 7.11 Å². The minimum absolute atomic E-state index is 0.0185. The van der Waals surface area contributed by atoms with E-state index in [-0.39, 0.29) is 5.56 Å². The summed E-state index contributed by atoms with van der Waals surface area (Å²) in [6.45, 7) is 0.501. The molecule has 21 heavy (non-hydrogen) atoms. The van der Waals surface area contributed by atoms with Crippen molar-refractivity contribution in [3.8, 4) is 11.8 Å². The van der Waals surface area contributed by atoms with Crippen LogP contribution in [0.4, 0.5) is 0 Å². The van der Waals surface area contributed by atoms with Crippen molar-refractivity contribution in [2.24, 2.45) is 0 Å². The number of ether oxygens (including phenoxy) is 1. The molecular formula is C17H16N2O2. The van der Waals surface area contributed by atoms with E-state index < -0.39 is 0 Å². The first kappa shape index (κ1) is 13.4. The van der Waals surface area contributed by atoms with E-state index in [1.54, 1.807) is 25.3 Å². The van der Waals surface area contributed by atoms with Crippen LogP contribution in [0.25, 0.3) is 0 Å². The van der Waals surface area contributed by atoms with E-state index in [0.29, 0.717) is 17.9 Å². The highest BCUT2D eigenvalue weighted by Gasteiger charge is 2.16. The summed E-state index contributed by atoms with van der Waals surface area (Å²) in [6, 6.07) is 11.2. The number of hydrogen-bond acceptors (Lipinski definition) is 3. The van der Waals surface area contributed by atoms with E-state index in [2.05, 4.69) is 6.07 Å². The van der Waals surface area contributed by atoms with E-state index >= 15 is 0 Å².